The lowest BCUT2D eigenvalue weighted by molar-refractivity contribution is -0.136. The van der Waals surface area contributed by atoms with Gasteiger partial charge >= 0.3 is 0 Å². The standard InChI is InChI=1S/C16H18N2O2S/c19-16(14-6-8-20-12-14)18(11-15-17-7-9-21-15)10-13-4-2-1-3-5-13/h1-5,7,9,14H,6,8,10-12H2. The Kier molecular flexibility index (Phi) is 4.62. The first-order chi connectivity index (χ1) is 10.3. The van der Waals surface area contributed by atoms with Gasteiger partial charge in [0.05, 0.1) is 19.1 Å². The summed E-state index contributed by atoms with van der Waals surface area (Å²) in [7, 11) is 0. The Balaban J connectivity index is 1.74. The fourth-order valence-corrected chi connectivity index (χ4v) is 3.13. The van der Waals surface area contributed by atoms with Gasteiger partial charge in [-0.25, -0.2) is 4.98 Å². The third-order valence-corrected chi connectivity index (χ3v) is 4.38. The van der Waals surface area contributed by atoms with E-state index in [0.717, 1.165) is 17.0 Å². The summed E-state index contributed by atoms with van der Waals surface area (Å²) in [6, 6.07) is 10.1. The maximum Gasteiger partial charge on any atom is 0.228 e. The van der Waals surface area contributed by atoms with Crippen LogP contribution in [0, 0.1) is 5.92 Å². The van der Waals surface area contributed by atoms with Crippen LogP contribution in [0.5, 0.6) is 0 Å². The van der Waals surface area contributed by atoms with Gasteiger partial charge in [-0.1, -0.05) is 30.3 Å². The molecule has 1 saturated heterocycles. The van der Waals surface area contributed by atoms with Gasteiger partial charge in [-0.2, -0.15) is 0 Å². The zero-order chi connectivity index (χ0) is 14.5. The largest absolute Gasteiger partial charge is 0.381 e. The van der Waals surface area contributed by atoms with Gasteiger partial charge < -0.3 is 9.64 Å². The number of ether oxygens (including phenoxy) is 1. The van der Waals surface area contributed by atoms with Crippen molar-refractivity contribution >= 4 is 17.2 Å². The number of carbonyl (C=O) groups excluding carboxylic acids is 1. The highest BCUT2D eigenvalue weighted by Crippen LogP contribution is 2.20. The predicted octanol–water partition coefficient (Wildman–Crippen LogP) is 2.71. The number of nitrogens with zero attached hydrogens (tertiary/aromatic N) is 2. The molecule has 1 aromatic heterocycles. The van der Waals surface area contributed by atoms with Gasteiger partial charge in [-0.05, 0) is 12.0 Å². The Morgan fingerprint density at radius 1 is 1.33 bits per heavy atom. The van der Waals surface area contributed by atoms with E-state index in [1.165, 1.54) is 0 Å². The second-order valence-electron chi connectivity index (χ2n) is 5.17. The van der Waals surface area contributed by atoms with E-state index in [1.54, 1.807) is 17.5 Å². The summed E-state index contributed by atoms with van der Waals surface area (Å²) >= 11 is 1.59. The van der Waals surface area contributed by atoms with Gasteiger partial charge in [0.15, 0.2) is 0 Å². The van der Waals surface area contributed by atoms with Crippen LogP contribution < -0.4 is 0 Å². The molecule has 0 saturated carbocycles. The van der Waals surface area contributed by atoms with Gasteiger partial charge in [-0.15, -0.1) is 11.3 Å². The quantitative estimate of drug-likeness (QED) is 0.853. The van der Waals surface area contributed by atoms with E-state index in [-0.39, 0.29) is 11.8 Å². The zero-order valence-corrected chi connectivity index (χ0v) is 12.6. The molecule has 0 aliphatic carbocycles. The monoisotopic (exact) mass is 302 g/mol. The molecule has 1 fully saturated rings. The van der Waals surface area contributed by atoms with Crippen LogP contribution in [0.3, 0.4) is 0 Å². The summed E-state index contributed by atoms with van der Waals surface area (Å²) in [6.45, 7) is 2.42. The fraction of sp³-hybridized carbons (Fsp3) is 0.375. The van der Waals surface area contributed by atoms with Crippen molar-refractivity contribution in [3.63, 3.8) is 0 Å². The number of thiazole rings is 1. The summed E-state index contributed by atoms with van der Waals surface area (Å²) in [4.78, 5) is 18.9. The highest BCUT2D eigenvalue weighted by molar-refractivity contribution is 7.09. The first-order valence-electron chi connectivity index (χ1n) is 7.12. The van der Waals surface area contributed by atoms with Crippen molar-refractivity contribution in [2.24, 2.45) is 5.92 Å². The minimum Gasteiger partial charge on any atom is -0.381 e. The molecule has 1 aromatic carbocycles. The smallest absolute Gasteiger partial charge is 0.228 e. The number of benzene rings is 1. The van der Waals surface area contributed by atoms with Gasteiger partial charge in [-0.3, -0.25) is 4.79 Å². The molecule has 1 atom stereocenters. The maximum absolute atomic E-state index is 12.7. The van der Waals surface area contributed by atoms with Crippen LogP contribution in [0.15, 0.2) is 41.9 Å². The van der Waals surface area contributed by atoms with Crippen molar-refractivity contribution in [3.05, 3.63) is 52.5 Å². The minimum atomic E-state index is -0.00586. The first kappa shape index (κ1) is 14.2. The average Bonchev–Trinajstić information content (AvgIpc) is 3.20. The van der Waals surface area contributed by atoms with Crippen molar-refractivity contribution in [2.75, 3.05) is 13.2 Å². The topological polar surface area (TPSA) is 42.4 Å². The van der Waals surface area contributed by atoms with E-state index in [0.29, 0.717) is 26.3 Å². The van der Waals surface area contributed by atoms with Gasteiger partial charge in [0, 0.05) is 24.7 Å². The van der Waals surface area contributed by atoms with Gasteiger partial charge in [0.25, 0.3) is 0 Å². The van der Waals surface area contributed by atoms with Crippen LogP contribution in [0.2, 0.25) is 0 Å². The first-order valence-corrected chi connectivity index (χ1v) is 8.00. The van der Waals surface area contributed by atoms with Crippen LogP contribution in [0.4, 0.5) is 0 Å². The lowest BCUT2D eigenvalue weighted by Gasteiger charge is -2.24. The molecule has 0 spiro atoms. The highest BCUT2D eigenvalue weighted by atomic mass is 32.1. The second kappa shape index (κ2) is 6.83. The lowest BCUT2D eigenvalue weighted by Crippen LogP contribution is -2.35. The molecular weight excluding hydrogens is 284 g/mol. The summed E-state index contributed by atoms with van der Waals surface area (Å²) in [5.41, 5.74) is 1.14. The number of hydrogen-bond donors (Lipinski definition) is 0. The van der Waals surface area contributed by atoms with E-state index >= 15 is 0 Å². The van der Waals surface area contributed by atoms with Crippen molar-refractivity contribution in [1.29, 1.82) is 0 Å². The molecule has 4 nitrogen and oxygen atoms in total. The van der Waals surface area contributed by atoms with Crippen LogP contribution in [0.1, 0.15) is 17.0 Å². The van der Waals surface area contributed by atoms with Crippen LogP contribution in [0.25, 0.3) is 0 Å². The fourth-order valence-electron chi connectivity index (χ4n) is 2.50. The molecule has 21 heavy (non-hydrogen) atoms. The van der Waals surface area contributed by atoms with E-state index in [9.17, 15) is 4.79 Å². The highest BCUT2D eigenvalue weighted by Gasteiger charge is 2.28. The summed E-state index contributed by atoms with van der Waals surface area (Å²) in [5.74, 6) is 0.167. The molecule has 2 heterocycles. The molecular formula is C16H18N2O2S. The van der Waals surface area contributed by atoms with E-state index < -0.39 is 0 Å². The normalized spacial score (nSPS) is 17.8. The van der Waals surface area contributed by atoms with Crippen molar-refractivity contribution in [1.82, 2.24) is 9.88 Å². The Hall–Kier alpha value is -1.72. The summed E-state index contributed by atoms with van der Waals surface area (Å²) < 4.78 is 5.35. The summed E-state index contributed by atoms with van der Waals surface area (Å²) in [5, 5.41) is 2.91. The minimum absolute atomic E-state index is 0.00586. The number of hydrogen-bond acceptors (Lipinski definition) is 4. The Bertz CT molecular complexity index is 565. The van der Waals surface area contributed by atoms with E-state index in [4.69, 9.17) is 4.74 Å². The third kappa shape index (κ3) is 3.68. The Morgan fingerprint density at radius 2 is 2.19 bits per heavy atom. The Morgan fingerprint density at radius 3 is 2.86 bits per heavy atom. The molecule has 1 aliphatic heterocycles. The van der Waals surface area contributed by atoms with Crippen molar-refractivity contribution < 1.29 is 9.53 Å². The molecule has 0 bridgehead atoms. The molecule has 110 valence electrons. The average molecular weight is 302 g/mol. The SMILES string of the molecule is O=C(C1CCOC1)N(Cc1ccccc1)Cc1nccs1. The molecule has 0 N–H and O–H groups in total. The molecule has 1 aliphatic rings. The number of aromatic nitrogens is 1. The van der Waals surface area contributed by atoms with Crippen molar-refractivity contribution in [3.8, 4) is 0 Å². The molecule has 3 rings (SSSR count). The zero-order valence-electron chi connectivity index (χ0n) is 11.8. The number of amides is 1. The number of carbonyl (C=O) groups is 1. The molecule has 1 amide bonds. The van der Waals surface area contributed by atoms with Crippen LogP contribution in [-0.2, 0) is 22.6 Å². The van der Waals surface area contributed by atoms with E-state index in [2.05, 4.69) is 4.98 Å². The number of rotatable bonds is 5. The predicted molar refractivity (Wildman–Crippen MR) is 81.7 cm³/mol. The molecule has 2 aromatic rings. The molecule has 0 radical (unpaired) electrons. The third-order valence-electron chi connectivity index (χ3n) is 3.62. The van der Waals surface area contributed by atoms with Crippen LogP contribution >= 0.6 is 11.3 Å². The lowest BCUT2D eigenvalue weighted by atomic mass is 10.1. The second-order valence-corrected chi connectivity index (χ2v) is 6.15. The molecule has 1 unspecified atom stereocenters. The van der Waals surface area contributed by atoms with Gasteiger partial charge in [0.2, 0.25) is 5.91 Å². The van der Waals surface area contributed by atoms with Gasteiger partial charge in [0.1, 0.15) is 5.01 Å². The maximum atomic E-state index is 12.7. The molecule has 5 heteroatoms. The van der Waals surface area contributed by atoms with Crippen molar-refractivity contribution in [2.45, 2.75) is 19.5 Å². The summed E-state index contributed by atoms with van der Waals surface area (Å²) in [6.07, 6.45) is 2.60. The van der Waals surface area contributed by atoms with E-state index in [1.807, 2.05) is 40.6 Å². The van der Waals surface area contributed by atoms with Crippen LogP contribution in [-0.4, -0.2) is 29.0 Å². The Labute approximate surface area is 128 Å².